The van der Waals surface area contributed by atoms with Crippen molar-refractivity contribution in [3.05, 3.63) is 41.9 Å². The second-order valence-corrected chi connectivity index (χ2v) is 5.47. The Morgan fingerprint density at radius 3 is 2.95 bits per heavy atom. The van der Waals surface area contributed by atoms with E-state index in [1.807, 2.05) is 35.2 Å². The number of aliphatic carboxylic acids is 1. The Morgan fingerprint density at radius 1 is 1.53 bits per heavy atom. The topological polar surface area (TPSA) is 64.3 Å². The number of thioether (sulfide) groups is 1. The second kappa shape index (κ2) is 4.70. The van der Waals surface area contributed by atoms with Gasteiger partial charge in [0.1, 0.15) is 0 Å². The van der Waals surface area contributed by atoms with Gasteiger partial charge in [0, 0.05) is 24.8 Å². The maximum absolute atomic E-state index is 11.7. The highest BCUT2D eigenvalue weighted by Gasteiger charge is 2.43. The fourth-order valence-electron chi connectivity index (χ4n) is 2.23. The molecule has 0 N–H and O–H groups in total. The van der Waals surface area contributed by atoms with E-state index in [2.05, 4.69) is 0 Å². The van der Waals surface area contributed by atoms with E-state index in [0.29, 0.717) is 17.9 Å². The number of hydrogen-bond donors (Lipinski definition) is 0. The Balaban J connectivity index is 1.94. The van der Waals surface area contributed by atoms with Crippen molar-refractivity contribution in [1.29, 1.82) is 0 Å². The Bertz CT molecular complexity index is 605. The van der Waals surface area contributed by atoms with E-state index in [1.54, 1.807) is 0 Å². The number of carboxylic acids is 1. The van der Waals surface area contributed by atoms with Crippen LogP contribution in [0, 0.1) is 0 Å². The van der Waals surface area contributed by atoms with Crippen LogP contribution in [0.15, 0.2) is 41.9 Å². The predicted octanol–water partition coefficient (Wildman–Crippen LogP) is -0.717. The van der Waals surface area contributed by atoms with Crippen molar-refractivity contribution in [2.24, 2.45) is 0 Å². The highest BCUT2D eigenvalue weighted by Crippen LogP contribution is 2.39. The van der Waals surface area contributed by atoms with Gasteiger partial charge in [-0.3, -0.25) is 9.69 Å². The molecule has 3 rings (SSSR count). The van der Waals surface area contributed by atoms with Gasteiger partial charge in [0.15, 0.2) is 18.9 Å². The van der Waals surface area contributed by atoms with E-state index in [0.717, 1.165) is 0 Å². The Hall–Kier alpha value is -1.82. The van der Waals surface area contributed by atoms with Gasteiger partial charge in [-0.25, -0.2) is 4.57 Å². The molecule has 0 spiro atoms. The number of carbonyl (C=O) groups excluding carboxylic acids is 2. The highest BCUT2D eigenvalue weighted by atomic mass is 32.2. The van der Waals surface area contributed by atoms with Crippen LogP contribution >= 0.6 is 11.8 Å². The number of pyridine rings is 1. The predicted molar refractivity (Wildman–Crippen MR) is 66.4 cm³/mol. The molecule has 19 heavy (non-hydrogen) atoms. The highest BCUT2D eigenvalue weighted by molar-refractivity contribution is 8.00. The van der Waals surface area contributed by atoms with E-state index < -0.39 is 18.3 Å². The van der Waals surface area contributed by atoms with Gasteiger partial charge in [-0.2, -0.15) is 0 Å². The van der Waals surface area contributed by atoms with Crippen LogP contribution in [0.4, 0.5) is 0 Å². The Labute approximate surface area is 115 Å². The zero-order chi connectivity index (χ0) is 14.3. The minimum absolute atomic E-state index is 0.0568. The number of aromatic nitrogens is 1. The maximum Gasteiger partial charge on any atom is 0.230 e. The van der Waals surface area contributed by atoms with Gasteiger partial charge in [-0.1, -0.05) is 6.07 Å². The molecule has 6 heteroatoms. The number of β-lactam (4-membered cyclic amide) rings is 1. The fourth-order valence-corrected chi connectivity index (χ4v) is 3.40. The van der Waals surface area contributed by atoms with Crippen LogP contribution in [-0.4, -0.2) is 27.9 Å². The summed E-state index contributed by atoms with van der Waals surface area (Å²) in [6.45, 7) is 0.399. The third-order valence-electron chi connectivity index (χ3n) is 3.13. The van der Waals surface area contributed by atoms with Crippen LogP contribution < -0.4 is 9.67 Å². The van der Waals surface area contributed by atoms with Gasteiger partial charge < -0.3 is 9.90 Å². The molecule has 0 saturated carbocycles. The number of hydrogen-bond acceptors (Lipinski definition) is 4. The molecule has 1 amide bonds. The van der Waals surface area contributed by atoms with Crippen molar-refractivity contribution in [2.75, 3.05) is 5.75 Å². The first-order valence-electron chi connectivity index (χ1n) is 6.41. The van der Waals surface area contributed by atoms with Gasteiger partial charge in [0.2, 0.25) is 5.91 Å². The molecule has 1 unspecified atom stereocenters. The quantitative estimate of drug-likeness (QED) is 0.540. The minimum atomic E-state index is -1.35. The number of carbonyl (C=O) groups is 2. The molecule has 3 heterocycles. The van der Waals surface area contributed by atoms with Gasteiger partial charge in [-0.05, 0) is 0 Å². The summed E-state index contributed by atoms with van der Waals surface area (Å²) in [4.78, 5) is 24.3. The SMILES string of the molecule is [2H]C1C(=O)N2C(C(=O)[O-])=C(C[n+]3ccccc3)CS[C@H]12. The average molecular weight is 277 g/mol. The first-order valence-corrected chi connectivity index (χ1v) is 6.89. The van der Waals surface area contributed by atoms with Crippen molar-refractivity contribution in [2.45, 2.75) is 18.3 Å². The number of nitrogens with zero attached hydrogens (tertiary/aromatic N) is 2. The molecule has 5 nitrogen and oxygen atoms in total. The third-order valence-corrected chi connectivity index (χ3v) is 4.33. The van der Waals surface area contributed by atoms with Gasteiger partial charge in [-0.15, -0.1) is 11.8 Å². The molecule has 2 atom stereocenters. The molecule has 0 aromatic carbocycles. The molecule has 1 aromatic heterocycles. The van der Waals surface area contributed by atoms with Crippen LogP contribution in [0.5, 0.6) is 0 Å². The van der Waals surface area contributed by atoms with Crippen molar-refractivity contribution < 1.29 is 20.6 Å². The molecule has 98 valence electrons. The summed E-state index contributed by atoms with van der Waals surface area (Å²) in [6, 6.07) is 5.58. The van der Waals surface area contributed by atoms with Gasteiger partial charge in [0.05, 0.1) is 23.4 Å². The number of amides is 1. The second-order valence-electron chi connectivity index (χ2n) is 4.36. The summed E-state index contributed by atoms with van der Waals surface area (Å²) >= 11 is 1.43. The summed E-state index contributed by atoms with van der Waals surface area (Å²) in [5, 5.41) is 11.0. The van der Waals surface area contributed by atoms with Crippen LogP contribution in [-0.2, 0) is 16.1 Å². The zero-order valence-corrected chi connectivity index (χ0v) is 10.8. The number of fused-ring (bicyclic) bond motifs is 1. The van der Waals surface area contributed by atoms with Gasteiger partial charge in [0.25, 0.3) is 0 Å². The standard InChI is InChI=1S/C13H12N2O3S/c16-10-6-11-15(10)12(13(17)18)9(8-19-11)7-14-4-2-1-3-5-14/h1-5,11H,6-8H2/t11-/m1/s1/i6D/t6?,11-. The van der Waals surface area contributed by atoms with E-state index in [1.165, 1.54) is 16.7 Å². The molecule has 2 aliphatic rings. The lowest BCUT2D eigenvalue weighted by molar-refractivity contribution is -0.689. The van der Waals surface area contributed by atoms with Gasteiger partial charge >= 0.3 is 0 Å². The zero-order valence-electron chi connectivity index (χ0n) is 11.0. The molecular formula is C13H12N2O3S. The third kappa shape index (κ3) is 2.12. The lowest BCUT2D eigenvalue weighted by Gasteiger charge is -2.45. The van der Waals surface area contributed by atoms with Crippen LogP contribution in [0.2, 0.25) is 0 Å². The smallest absolute Gasteiger partial charge is 0.230 e. The molecule has 0 bridgehead atoms. The number of carboxylic acid groups (broad SMARTS) is 1. The van der Waals surface area contributed by atoms with Crippen molar-refractivity contribution >= 4 is 23.6 Å². The van der Waals surface area contributed by atoms with E-state index >= 15 is 0 Å². The molecule has 0 radical (unpaired) electrons. The van der Waals surface area contributed by atoms with E-state index in [9.17, 15) is 14.7 Å². The summed E-state index contributed by atoms with van der Waals surface area (Å²) in [6.07, 6.45) is 2.81. The van der Waals surface area contributed by atoms with Crippen molar-refractivity contribution in [1.82, 2.24) is 4.90 Å². The Kier molecular flexibility index (Phi) is 2.73. The number of rotatable bonds is 3. The first kappa shape index (κ1) is 11.0. The largest absolute Gasteiger partial charge is 0.543 e. The Morgan fingerprint density at radius 2 is 2.26 bits per heavy atom. The maximum atomic E-state index is 11.7. The van der Waals surface area contributed by atoms with E-state index in [-0.39, 0.29) is 11.1 Å². The molecule has 1 aromatic rings. The monoisotopic (exact) mass is 277 g/mol. The molecule has 2 aliphatic heterocycles. The molecular weight excluding hydrogens is 264 g/mol. The van der Waals surface area contributed by atoms with Crippen molar-refractivity contribution in [3.63, 3.8) is 0 Å². The lowest BCUT2D eigenvalue weighted by Crippen LogP contribution is -2.56. The fraction of sp³-hybridized carbons (Fsp3) is 0.308. The summed E-state index contributed by atoms with van der Waals surface area (Å²) < 4.78 is 9.46. The molecule has 0 aliphatic carbocycles. The first-order chi connectivity index (χ1) is 9.59. The van der Waals surface area contributed by atoms with Crippen molar-refractivity contribution in [3.8, 4) is 0 Å². The molecule has 1 saturated heterocycles. The van der Waals surface area contributed by atoms with Crippen LogP contribution in [0.3, 0.4) is 0 Å². The average Bonchev–Trinajstić information content (AvgIpc) is 2.46. The normalized spacial score (nSPS) is 26.6. The summed E-state index contributed by atoms with van der Waals surface area (Å²) in [7, 11) is 0. The van der Waals surface area contributed by atoms with Crippen LogP contribution in [0.25, 0.3) is 0 Å². The van der Waals surface area contributed by atoms with E-state index in [4.69, 9.17) is 1.37 Å². The summed E-state index contributed by atoms with van der Waals surface area (Å²) in [5.74, 6) is -1.31. The molecule has 1 fully saturated rings. The van der Waals surface area contributed by atoms with Crippen LogP contribution in [0.1, 0.15) is 7.77 Å². The summed E-state index contributed by atoms with van der Waals surface area (Å²) in [5.41, 5.74) is 0.585. The lowest BCUT2D eigenvalue weighted by atomic mass is 10.1. The minimum Gasteiger partial charge on any atom is -0.543 e.